The van der Waals surface area contributed by atoms with Gasteiger partial charge < -0.3 is 0 Å². The first-order valence-electron chi connectivity index (χ1n) is 8.75. The van der Waals surface area contributed by atoms with Crippen LogP contribution in [0.1, 0.15) is 17.3 Å². The van der Waals surface area contributed by atoms with Crippen LogP contribution in [0.5, 0.6) is 0 Å². The monoisotopic (exact) mass is 473 g/mol. The van der Waals surface area contributed by atoms with E-state index >= 15 is 0 Å². The number of sulfonamides is 1. The summed E-state index contributed by atoms with van der Waals surface area (Å²) in [6, 6.07) is 7.53. The summed E-state index contributed by atoms with van der Waals surface area (Å²) in [5.41, 5.74) is 0.158. The third-order valence-electron chi connectivity index (χ3n) is 4.28. The highest BCUT2D eigenvalue weighted by molar-refractivity contribution is 8.14. The lowest BCUT2D eigenvalue weighted by Gasteiger charge is -2.17. The summed E-state index contributed by atoms with van der Waals surface area (Å²) in [5, 5.41) is 0.0973. The van der Waals surface area contributed by atoms with Gasteiger partial charge in [-0.15, -0.1) is 0 Å². The first-order chi connectivity index (χ1) is 14.0. The standard InChI is InChI=1S/C19H18ClF2N3O3S2/c1-11-10-25(18(26)14-8-16(21)17(22)9-15(14)20)19(29-11)23-12-5-4-6-13(7-12)30(27,28)24(2)3/h4-9,11H,10H2,1-3H3. The lowest BCUT2D eigenvalue weighted by Crippen LogP contribution is -2.32. The number of rotatable bonds is 4. The van der Waals surface area contributed by atoms with Crippen molar-refractivity contribution in [3.63, 3.8) is 0 Å². The summed E-state index contributed by atoms with van der Waals surface area (Å²) in [6.07, 6.45) is 0. The van der Waals surface area contributed by atoms with Gasteiger partial charge in [-0.2, -0.15) is 0 Å². The summed E-state index contributed by atoms with van der Waals surface area (Å²) < 4.78 is 52.8. The molecular formula is C19H18ClF2N3O3S2. The molecule has 0 N–H and O–H groups in total. The van der Waals surface area contributed by atoms with Crippen molar-refractivity contribution in [2.45, 2.75) is 17.1 Å². The molecule has 1 aliphatic rings. The van der Waals surface area contributed by atoms with Gasteiger partial charge in [-0.25, -0.2) is 26.5 Å². The Morgan fingerprint density at radius 1 is 1.23 bits per heavy atom. The van der Waals surface area contributed by atoms with Gasteiger partial charge in [-0.3, -0.25) is 9.69 Å². The van der Waals surface area contributed by atoms with Gasteiger partial charge in [0, 0.05) is 25.9 Å². The van der Waals surface area contributed by atoms with Crippen molar-refractivity contribution >= 4 is 50.1 Å². The first kappa shape index (κ1) is 22.7. The van der Waals surface area contributed by atoms with Crippen LogP contribution in [0.4, 0.5) is 14.5 Å². The largest absolute Gasteiger partial charge is 0.286 e. The number of benzene rings is 2. The zero-order chi connectivity index (χ0) is 22.2. The average molecular weight is 474 g/mol. The maximum absolute atomic E-state index is 13.6. The highest BCUT2D eigenvalue weighted by atomic mass is 35.5. The molecule has 0 aromatic heterocycles. The highest BCUT2D eigenvalue weighted by Crippen LogP contribution is 2.32. The van der Waals surface area contributed by atoms with E-state index in [1.54, 1.807) is 12.1 Å². The molecule has 1 fully saturated rings. The molecule has 2 aromatic rings. The quantitative estimate of drug-likeness (QED) is 0.626. The minimum atomic E-state index is -3.65. The maximum atomic E-state index is 13.6. The number of hydrogen-bond acceptors (Lipinski definition) is 5. The number of hydrogen-bond donors (Lipinski definition) is 0. The molecule has 30 heavy (non-hydrogen) atoms. The summed E-state index contributed by atoms with van der Waals surface area (Å²) in [5.74, 6) is -2.94. The van der Waals surface area contributed by atoms with Crippen LogP contribution in [0.15, 0.2) is 46.3 Å². The molecule has 1 atom stereocenters. The van der Waals surface area contributed by atoms with Crippen molar-refractivity contribution in [2.75, 3.05) is 20.6 Å². The molecular weight excluding hydrogens is 456 g/mol. The van der Waals surface area contributed by atoms with E-state index in [-0.39, 0.29) is 27.3 Å². The molecule has 0 aliphatic carbocycles. The minimum absolute atomic E-state index is 0.00883. The van der Waals surface area contributed by atoms with E-state index in [1.165, 1.54) is 42.9 Å². The van der Waals surface area contributed by atoms with Crippen molar-refractivity contribution < 1.29 is 22.0 Å². The smallest absolute Gasteiger partial charge is 0.261 e. The van der Waals surface area contributed by atoms with Gasteiger partial charge in [-0.05, 0) is 30.3 Å². The topological polar surface area (TPSA) is 70.0 Å². The second-order valence-electron chi connectivity index (χ2n) is 6.77. The third kappa shape index (κ3) is 4.51. The molecule has 1 unspecified atom stereocenters. The fourth-order valence-corrected chi connectivity index (χ4v) is 4.94. The molecule has 0 radical (unpaired) electrons. The van der Waals surface area contributed by atoms with Gasteiger partial charge in [0.1, 0.15) is 0 Å². The number of amides is 1. The fourth-order valence-electron chi connectivity index (χ4n) is 2.74. The molecule has 0 saturated carbocycles. The van der Waals surface area contributed by atoms with E-state index in [0.717, 1.165) is 16.4 Å². The zero-order valence-corrected chi connectivity index (χ0v) is 18.7. The SMILES string of the molecule is CC1CN(C(=O)c2cc(F)c(F)cc2Cl)C(=Nc2cccc(S(=O)(=O)N(C)C)c2)S1. The molecule has 1 aliphatic heterocycles. The Hall–Kier alpha value is -2.01. The average Bonchev–Trinajstić information content (AvgIpc) is 3.04. The highest BCUT2D eigenvalue weighted by Gasteiger charge is 2.33. The molecule has 1 heterocycles. The summed E-state index contributed by atoms with van der Waals surface area (Å²) in [7, 11) is -0.799. The van der Waals surface area contributed by atoms with Crippen LogP contribution >= 0.6 is 23.4 Å². The normalized spacial score (nSPS) is 18.4. The number of thioether (sulfide) groups is 1. The predicted octanol–water partition coefficient (Wildman–Crippen LogP) is 4.13. The maximum Gasteiger partial charge on any atom is 0.261 e. The van der Waals surface area contributed by atoms with Gasteiger partial charge in [0.05, 0.1) is 21.2 Å². The molecule has 6 nitrogen and oxygen atoms in total. The second kappa shape index (κ2) is 8.62. The molecule has 3 rings (SSSR count). The Balaban J connectivity index is 1.99. The predicted molar refractivity (Wildman–Crippen MR) is 114 cm³/mol. The van der Waals surface area contributed by atoms with E-state index in [4.69, 9.17) is 11.6 Å². The van der Waals surface area contributed by atoms with Crippen LogP contribution in [-0.2, 0) is 10.0 Å². The van der Waals surface area contributed by atoms with Gasteiger partial charge >= 0.3 is 0 Å². The van der Waals surface area contributed by atoms with Crippen molar-refractivity contribution in [1.29, 1.82) is 0 Å². The lowest BCUT2D eigenvalue weighted by atomic mass is 10.2. The Labute approximate surface area is 182 Å². The number of halogens is 3. The molecule has 0 spiro atoms. The van der Waals surface area contributed by atoms with Crippen molar-refractivity contribution in [3.8, 4) is 0 Å². The van der Waals surface area contributed by atoms with Gasteiger partial charge in [0.25, 0.3) is 5.91 Å². The van der Waals surface area contributed by atoms with Crippen LogP contribution in [0.2, 0.25) is 5.02 Å². The summed E-state index contributed by atoms with van der Waals surface area (Å²) in [6.45, 7) is 2.17. The van der Waals surface area contributed by atoms with E-state index in [1.807, 2.05) is 6.92 Å². The second-order valence-corrected chi connectivity index (χ2v) is 10.7. The molecule has 1 saturated heterocycles. The van der Waals surface area contributed by atoms with E-state index < -0.39 is 27.6 Å². The zero-order valence-electron chi connectivity index (χ0n) is 16.3. The first-order valence-corrected chi connectivity index (χ1v) is 11.4. The summed E-state index contributed by atoms with van der Waals surface area (Å²) in [4.78, 5) is 18.8. The van der Waals surface area contributed by atoms with Gasteiger partial charge in [-0.1, -0.05) is 36.4 Å². The van der Waals surface area contributed by atoms with Crippen LogP contribution in [0.3, 0.4) is 0 Å². The van der Waals surface area contributed by atoms with E-state index in [0.29, 0.717) is 10.9 Å². The molecule has 2 aromatic carbocycles. The van der Waals surface area contributed by atoms with Crippen molar-refractivity contribution in [2.24, 2.45) is 4.99 Å². The number of carbonyl (C=O) groups is 1. The minimum Gasteiger partial charge on any atom is -0.286 e. The van der Waals surface area contributed by atoms with Crippen LogP contribution in [0, 0.1) is 11.6 Å². The van der Waals surface area contributed by atoms with E-state index in [2.05, 4.69) is 4.99 Å². The molecule has 11 heteroatoms. The van der Waals surface area contributed by atoms with Crippen LogP contribution in [-0.4, -0.2) is 54.6 Å². The number of nitrogens with zero attached hydrogens (tertiary/aromatic N) is 3. The van der Waals surface area contributed by atoms with Crippen molar-refractivity contribution in [3.05, 3.63) is 58.6 Å². The molecule has 160 valence electrons. The molecule has 1 amide bonds. The fraction of sp³-hybridized carbons (Fsp3) is 0.263. The van der Waals surface area contributed by atoms with Crippen LogP contribution in [0.25, 0.3) is 0 Å². The lowest BCUT2D eigenvalue weighted by molar-refractivity contribution is 0.0855. The molecule has 0 bridgehead atoms. The Bertz CT molecular complexity index is 1140. The third-order valence-corrected chi connectivity index (χ3v) is 7.48. The number of amidine groups is 1. The Morgan fingerprint density at radius 2 is 1.90 bits per heavy atom. The van der Waals surface area contributed by atoms with E-state index in [9.17, 15) is 22.0 Å². The number of aliphatic imine (C=N–C) groups is 1. The van der Waals surface area contributed by atoms with Crippen LogP contribution < -0.4 is 0 Å². The number of carbonyl (C=O) groups excluding carboxylic acids is 1. The van der Waals surface area contributed by atoms with Gasteiger partial charge in [0.15, 0.2) is 16.8 Å². The Morgan fingerprint density at radius 3 is 2.57 bits per heavy atom. The summed E-state index contributed by atoms with van der Waals surface area (Å²) >= 11 is 7.26. The van der Waals surface area contributed by atoms with Crippen molar-refractivity contribution in [1.82, 2.24) is 9.21 Å². The van der Waals surface area contributed by atoms with Gasteiger partial charge in [0.2, 0.25) is 10.0 Å². The Kier molecular flexibility index (Phi) is 6.51.